The molecule has 3 aliphatic heterocycles. The van der Waals surface area contributed by atoms with Crippen LogP contribution in [0.5, 0.6) is 0 Å². The number of ether oxygens (including phenoxy) is 1. The number of nitrogens with zero attached hydrogens (tertiary/aromatic N) is 1. The Hall–Kier alpha value is -0.430. The summed E-state index contributed by atoms with van der Waals surface area (Å²) in [5.41, 5.74) is 3.48. The summed E-state index contributed by atoms with van der Waals surface area (Å²) in [5, 5.41) is 0. The molecule has 3 heterocycles. The zero-order valence-corrected chi connectivity index (χ0v) is 17.5. The van der Waals surface area contributed by atoms with E-state index in [4.69, 9.17) is 4.74 Å². The van der Waals surface area contributed by atoms with E-state index in [-0.39, 0.29) is 11.7 Å². The molecule has 5 nitrogen and oxygen atoms in total. The number of rotatable bonds is 5. The first kappa shape index (κ1) is 18.9. The molecule has 0 aromatic carbocycles. The fourth-order valence-electron chi connectivity index (χ4n) is 6.18. The van der Waals surface area contributed by atoms with Crippen LogP contribution in [0.4, 0.5) is 0 Å². The quantitative estimate of drug-likeness (QED) is 0.743. The lowest BCUT2D eigenvalue weighted by molar-refractivity contribution is 0.00316. The van der Waals surface area contributed by atoms with Gasteiger partial charge in [0.15, 0.2) is 0 Å². The average molecular weight is 383 g/mol. The first-order valence-corrected chi connectivity index (χ1v) is 12.0. The molecule has 4 aliphatic rings. The summed E-state index contributed by atoms with van der Waals surface area (Å²) in [6, 6.07) is 0. The Morgan fingerprint density at radius 3 is 2.77 bits per heavy atom. The molecule has 3 saturated heterocycles. The van der Waals surface area contributed by atoms with E-state index in [0.29, 0.717) is 23.8 Å². The fourth-order valence-corrected chi connectivity index (χ4v) is 6.67. The maximum absolute atomic E-state index is 11.6. The van der Waals surface area contributed by atoms with E-state index >= 15 is 0 Å². The van der Waals surface area contributed by atoms with Gasteiger partial charge in [0.25, 0.3) is 0 Å². The minimum atomic E-state index is -3.14. The Bertz CT molecular complexity index is 715. The van der Waals surface area contributed by atoms with Crippen molar-refractivity contribution in [1.82, 2.24) is 9.62 Å². The molecule has 1 aliphatic carbocycles. The number of likely N-dealkylation sites (tertiary alicyclic amines) is 1. The highest BCUT2D eigenvalue weighted by Gasteiger charge is 2.62. The lowest BCUT2D eigenvalue weighted by atomic mass is 9.72. The van der Waals surface area contributed by atoms with Crippen LogP contribution in [0.2, 0.25) is 0 Å². The first-order valence-electron chi connectivity index (χ1n) is 10.1. The van der Waals surface area contributed by atoms with Gasteiger partial charge in [-0.3, -0.25) is 4.90 Å². The summed E-state index contributed by atoms with van der Waals surface area (Å²) in [4.78, 5) is 2.59. The van der Waals surface area contributed by atoms with Crippen LogP contribution in [0.25, 0.3) is 0 Å². The average Bonchev–Trinajstić information content (AvgIpc) is 3.15. The van der Waals surface area contributed by atoms with Gasteiger partial charge in [-0.1, -0.05) is 25.0 Å². The monoisotopic (exact) mass is 382 g/mol. The van der Waals surface area contributed by atoms with Crippen molar-refractivity contribution in [2.45, 2.75) is 64.6 Å². The summed E-state index contributed by atoms with van der Waals surface area (Å²) in [6.07, 6.45) is 7.52. The van der Waals surface area contributed by atoms with Crippen molar-refractivity contribution in [2.24, 2.45) is 17.3 Å². The Labute approximate surface area is 158 Å². The predicted molar refractivity (Wildman–Crippen MR) is 103 cm³/mol. The highest BCUT2D eigenvalue weighted by molar-refractivity contribution is 7.88. The van der Waals surface area contributed by atoms with Crippen LogP contribution in [0.3, 0.4) is 0 Å². The lowest BCUT2D eigenvalue weighted by Gasteiger charge is -2.37. The molecule has 0 radical (unpaired) electrons. The minimum absolute atomic E-state index is 0.0260. The molecule has 0 aromatic rings. The van der Waals surface area contributed by atoms with E-state index < -0.39 is 10.0 Å². The molecule has 3 fully saturated rings. The van der Waals surface area contributed by atoms with Crippen molar-refractivity contribution >= 4 is 10.0 Å². The second kappa shape index (κ2) is 6.29. The smallest absolute Gasteiger partial charge is 0.208 e. The molecule has 0 aromatic heterocycles. The number of allylic oxidation sites excluding steroid dienone is 1. The summed E-state index contributed by atoms with van der Waals surface area (Å²) in [6.45, 7) is 10.7. The molecule has 1 spiro atoms. The largest absolute Gasteiger partial charge is 0.370 e. The van der Waals surface area contributed by atoms with Gasteiger partial charge in [-0.15, -0.1) is 0 Å². The van der Waals surface area contributed by atoms with Crippen molar-refractivity contribution in [3.05, 3.63) is 11.1 Å². The third-order valence-corrected chi connectivity index (χ3v) is 8.19. The van der Waals surface area contributed by atoms with Crippen LogP contribution in [0.1, 0.15) is 52.9 Å². The third kappa shape index (κ3) is 3.27. The third-order valence-electron chi connectivity index (χ3n) is 7.50. The SMILES string of the molecule is CC1=C(CN2C[C@@H]3[C@H](CNS(C)(=O)=O)[C@H]4CC[C@]3(C2)O4)C(C)(C)CCC1. The summed E-state index contributed by atoms with van der Waals surface area (Å²) >= 11 is 0. The summed E-state index contributed by atoms with van der Waals surface area (Å²) in [5.74, 6) is 0.779. The number of sulfonamides is 1. The second-order valence-electron chi connectivity index (χ2n) is 9.82. The zero-order chi connectivity index (χ0) is 18.7. The molecule has 0 amide bonds. The van der Waals surface area contributed by atoms with Gasteiger partial charge in [0.05, 0.1) is 18.0 Å². The summed E-state index contributed by atoms with van der Waals surface area (Å²) < 4.78 is 32.3. The molecule has 0 saturated carbocycles. The van der Waals surface area contributed by atoms with Gasteiger partial charge < -0.3 is 4.74 Å². The lowest BCUT2D eigenvalue weighted by Crippen LogP contribution is -2.41. The number of nitrogens with one attached hydrogen (secondary N) is 1. The topological polar surface area (TPSA) is 58.6 Å². The van der Waals surface area contributed by atoms with E-state index in [9.17, 15) is 8.42 Å². The van der Waals surface area contributed by atoms with Gasteiger partial charge in [0, 0.05) is 38.0 Å². The second-order valence-corrected chi connectivity index (χ2v) is 11.6. The zero-order valence-electron chi connectivity index (χ0n) is 16.7. The van der Waals surface area contributed by atoms with Crippen molar-refractivity contribution in [1.29, 1.82) is 0 Å². The highest BCUT2D eigenvalue weighted by atomic mass is 32.2. The Morgan fingerprint density at radius 1 is 1.31 bits per heavy atom. The van der Waals surface area contributed by atoms with Gasteiger partial charge in [-0.05, 0) is 44.4 Å². The van der Waals surface area contributed by atoms with Crippen molar-refractivity contribution in [3.63, 3.8) is 0 Å². The van der Waals surface area contributed by atoms with Gasteiger partial charge in [0.1, 0.15) is 0 Å². The number of hydrogen-bond donors (Lipinski definition) is 1. The highest BCUT2D eigenvalue weighted by Crippen LogP contribution is 2.55. The van der Waals surface area contributed by atoms with Crippen LogP contribution in [0, 0.1) is 17.3 Å². The standard InChI is InChI=1S/C20H34N2O3S/c1-14-6-5-8-19(2,3)16(14)11-22-12-17-15(10-21-26(4,23)24)18-7-9-20(17,13-22)25-18/h15,17-18,21H,5-13H2,1-4H3/t15-,17+,18+,20+/m0/s1. The van der Waals surface area contributed by atoms with Gasteiger partial charge in [-0.2, -0.15) is 0 Å². The normalized spacial score (nSPS) is 39.6. The number of fused-ring (bicyclic) bond motifs is 1. The maximum atomic E-state index is 11.6. The molecule has 6 heteroatoms. The molecular formula is C20H34N2O3S. The minimum Gasteiger partial charge on any atom is -0.370 e. The molecule has 0 unspecified atom stereocenters. The fraction of sp³-hybridized carbons (Fsp3) is 0.900. The molecule has 2 bridgehead atoms. The van der Waals surface area contributed by atoms with Crippen LogP contribution >= 0.6 is 0 Å². The predicted octanol–water partition coefficient (Wildman–Crippen LogP) is 2.54. The van der Waals surface area contributed by atoms with Gasteiger partial charge >= 0.3 is 0 Å². The van der Waals surface area contributed by atoms with Crippen LogP contribution in [-0.2, 0) is 14.8 Å². The molecular weight excluding hydrogens is 348 g/mol. The van der Waals surface area contributed by atoms with Crippen molar-refractivity contribution < 1.29 is 13.2 Å². The molecule has 148 valence electrons. The van der Waals surface area contributed by atoms with Crippen LogP contribution in [0.15, 0.2) is 11.1 Å². The Morgan fingerprint density at radius 2 is 2.08 bits per heavy atom. The first-order chi connectivity index (χ1) is 12.1. The van der Waals surface area contributed by atoms with E-state index in [1.54, 1.807) is 11.1 Å². The van der Waals surface area contributed by atoms with Gasteiger partial charge in [-0.25, -0.2) is 13.1 Å². The van der Waals surface area contributed by atoms with Gasteiger partial charge in [0.2, 0.25) is 10.0 Å². The maximum Gasteiger partial charge on any atom is 0.208 e. The summed E-state index contributed by atoms with van der Waals surface area (Å²) in [7, 11) is -3.14. The molecule has 4 atom stereocenters. The van der Waals surface area contributed by atoms with Crippen LogP contribution in [-0.4, -0.2) is 57.5 Å². The molecule has 26 heavy (non-hydrogen) atoms. The van der Waals surface area contributed by atoms with Crippen LogP contribution < -0.4 is 4.72 Å². The Kier molecular flexibility index (Phi) is 4.58. The van der Waals surface area contributed by atoms with E-state index in [1.165, 1.54) is 25.5 Å². The van der Waals surface area contributed by atoms with Crippen molar-refractivity contribution in [3.8, 4) is 0 Å². The molecule has 4 rings (SSSR count). The van der Waals surface area contributed by atoms with E-state index in [0.717, 1.165) is 32.5 Å². The van der Waals surface area contributed by atoms with Crippen molar-refractivity contribution in [2.75, 3.05) is 32.4 Å². The van der Waals surface area contributed by atoms with E-state index in [1.807, 2.05) is 0 Å². The number of hydrogen-bond acceptors (Lipinski definition) is 4. The molecule has 1 N–H and O–H groups in total. The van der Waals surface area contributed by atoms with E-state index in [2.05, 4.69) is 30.4 Å². The Balaban J connectivity index is 1.48.